The molecule has 1 heterocycles. The van der Waals surface area contributed by atoms with E-state index >= 15 is 0 Å². The van der Waals surface area contributed by atoms with Gasteiger partial charge in [0.15, 0.2) is 0 Å². The van der Waals surface area contributed by atoms with Crippen LogP contribution in [0.4, 0.5) is 11.5 Å². The zero-order chi connectivity index (χ0) is 13.2. The standard InChI is InChI=1S/C12H18N4O2/c1-15(2)12(5-3-6-12)9-14-11-8-10(16(17)18)4-7-13-11/h4,7-8H,3,5-6,9H2,1-2H3,(H,13,14). The maximum Gasteiger partial charge on any atom is 0.274 e. The van der Waals surface area contributed by atoms with Crippen LogP contribution in [0.5, 0.6) is 0 Å². The molecule has 0 spiro atoms. The summed E-state index contributed by atoms with van der Waals surface area (Å²) in [5, 5.41) is 13.9. The highest BCUT2D eigenvalue weighted by molar-refractivity contribution is 5.44. The molecule has 6 heteroatoms. The fourth-order valence-electron chi connectivity index (χ4n) is 2.25. The van der Waals surface area contributed by atoms with Crippen LogP contribution >= 0.6 is 0 Å². The van der Waals surface area contributed by atoms with Gasteiger partial charge >= 0.3 is 0 Å². The van der Waals surface area contributed by atoms with Crippen molar-refractivity contribution in [1.29, 1.82) is 0 Å². The quantitative estimate of drug-likeness (QED) is 0.638. The average Bonchev–Trinajstić information content (AvgIpc) is 2.27. The van der Waals surface area contributed by atoms with Gasteiger partial charge in [0.05, 0.1) is 11.0 Å². The second kappa shape index (κ2) is 4.89. The molecule has 1 aromatic heterocycles. The van der Waals surface area contributed by atoms with E-state index in [1.165, 1.54) is 24.8 Å². The molecule has 18 heavy (non-hydrogen) atoms. The molecule has 1 aliphatic carbocycles. The number of hydrogen-bond acceptors (Lipinski definition) is 5. The molecule has 0 amide bonds. The van der Waals surface area contributed by atoms with Crippen LogP contribution in [-0.2, 0) is 0 Å². The number of rotatable bonds is 5. The SMILES string of the molecule is CN(C)C1(CNc2cc([N+](=O)[O-])ccn2)CCC1. The number of nitrogens with zero attached hydrogens (tertiary/aromatic N) is 3. The zero-order valence-electron chi connectivity index (χ0n) is 10.7. The monoisotopic (exact) mass is 250 g/mol. The van der Waals surface area contributed by atoms with E-state index in [4.69, 9.17) is 0 Å². The van der Waals surface area contributed by atoms with Crippen LogP contribution < -0.4 is 5.32 Å². The Kier molecular flexibility index (Phi) is 3.47. The van der Waals surface area contributed by atoms with Crippen molar-refractivity contribution in [2.45, 2.75) is 24.8 Å². The molecule has 1 saturated carbocycles. The first kappa shape index (κ1) is 12.8. The summed E-state index contributed by atoms with van der Waals surface area (Å²) in [7, 11) is 4.14. The normalized spacial score (nSPS) is 17.3. The number of hydrogen-bond donors (Lipinski definition) is 1. The fourth-order valence-corrected chi connectivity index (χ4v) is 2.25. The van der Waals surface area contributed by atoms with Gasteiger partial charge in [-0.1, -0.05) is 0 Å². The van der Waals surface area contributed by atoms with Crippen molar-refractivity contribution in [2.24, 2.45) is 0 Å². The van der Waals surface area contributed by atoms with Crippen molar-refractivity contribution in [1.82, 2.24) is 9.88 Å². The second-order valence-electron chi connectivity index (χ2n) is 4.98. The molecule has 1 fully saturated rings. The Morgan fingerprint density at radius 1 is 1.56 bits per heavy atom. The van der Waals surface area contributed by atoms with Gasteiger partial charge in [-0.2, -0.15) is 0 Å². The molecule has 98 valence electrons. The average molecular weight is 250 g/mol. The van der Waals surface area contributed by atoms with Crippen LogP contribution in [0.1, 0.15) is 19.3 Å². The Bertz CT molecular complexity index is 443. The topological polar surface area (TPSA) is 71.3 Å². The van der Waals surface area contributed by atoms with E-state index in [1.54, 1.807) is 0 Å². The molecule has 0 atom stereocenters. The third-order valence-electron chi connectivity index (χ3n) is 3.79. The Hall–Kier alpha value is -1.69. The van der Waals surface area contributed by atoms with Gasteiger partial charge in [0.1, 0.15) is 5.82 Å². The molecular formula is C12H18N4O2. The molecule has 2 rings (SSSR count). The summed E-state index contributed by atoms with van der Waals surface area (Å²) >= 11 is 0. The van der Waals surface area contributed by atoms with Crippen molar-refractivity contribution >= 4 is 11.5 Å². The maximum atomic E-state index is 10.7. The van der Waals surface area contributed by atoms with Crippen LogP contribution in [0, 0.1) is 10.1 Å². The summed E-state index contributed by atoms with van der Waals surface area (Å²) in [6.07, 6.45) is 5.01. The van der Waals surface area contributed by atoms with Crippen LogP contribution in [0.3, 0.4) is 0 Å². The van der Waals surface area contributed by atoms with E-state index in [0.29, 0.717) is 5.82 Å². The first-order valence-electron chi connectivity index (χ1n) is 6.05. The second-order valence-corrected chi connectivity index (χ2v) is 4.98. The van der Waals surface area contributed by atoms with Gasteiger partial charge in [0, 0.05) is 24.3 Å². The summed E-state index contributed by atoms with van der Waals surface area (Å²) in [5.41, 5.74) is 0.242. The highest BCUT2D eigenvalue weighted by Crippen LogP contribution is 2.36. The lowest BCUT2D eigenvalue weighted by atomic mass is 9.75. The third kappa shape index (κ3) is 2.43. The molecule has 0 aliphatic heterocycles. The van der Waals surface area contributed by atoms with Gasteiger partial charge in [0.2, 0.25) is 0 Å². The molecule has 1 N–H and O–H groups in total. The Morgan fingerprint density at radius 2 is 2.28 bits per heavy atom. The van der Waals surface area contributed by atoms with Gasteiger partial charge < -0.3 is 10.2 Å². The van der Waals surface area contributed by atoms with E-state index in [0.717, 1.165) is 19.4 Å². The minimum atomic E-state index is -0.405. The van der Waals surface area contributed by atoms with Gasteiger partial charge in [-0.15, -0.1) is 0 Å². The van der Waals surface area contributed by atoms with Gasteiger partial charge in [0.25, 0.3) is 5.69 Å². The number of likely N-dealkylation sites (N-methyl/N-ethyl adjacent to an activating group) is 1. The Labute approximate surface area is 106 Å². The summed E-state index contributed by atoms with van der Waals surface area (Å²) in [6, 6.07) is 2.87. The highest BCUT2D eigenvalue weighted by Gasteiger charge is 2.38. The van der Waals surface area contributed by atoms with E-state index in [2.05, 4.69) is 29.3 Å². The minimum absolute atomic E-state index is 0.0695. The van der Waals surface area contributed by atoms with E-state index in [-0.39, 0.29) is 11.2 Å². The number of nitro groups is 1. The largest absolute Gasteiger partial charge is 0.368 e. The summed E-state index contributed by atoms with van der Waals surface area (Å²) < 4.78 is 0. The number of anilines is 1. The van der Waals surface area contributed by atoms with Crippen LogP contribution in [-0.4, -0.2) is 41.0 Å². The lowest BCUT2D eigenvalue weighted by Crippen LogP contribution is -2.54. The van der Waals surface area contributed by atoms with Crippen molar-refractivity contribution < 1.29 is 4.92 Å². The summed E-state index contributed by atoms with van der Waals surface area (Å²) in [4.78, 5) is 16.6. The van der Waals surface area contributed by atoms with Crippen molar-refractivity contribution in [3.05, 3.63) is 28.4 Å². The lowest BCUT2D eigenvalue weighted by molar-refractivity contribution is -0.384. The highest BCUT2D eigenvalue weighted by atomic mass is 16.6. The molecule has 0 radical (unpaired) electrons. The van der Waals surface area contributed by atoms with Gasteiger partial charge in [-0.3, -0.25) is 10.1 Å². The van der Waals surface area contributed by atoms with Gasteiger partial charge in [-0.25, -0.2) is 4.98 Å². The summed E-state index contributed by atoms with van der Waals surface area (Å²) in [5.74, 6) is 0.567. The van der Waals surface area contributed by atoms with Crippen LogP contribution in [0.15, 0.2) is 18.3 Å². The molecule has 6 nitrogen and oxygen atoms in total. The molecular weight excluding hydrogens is 232 g/mol. The minimum Gasteiger partial charge on any atom is -0.368 e. The lowest BCUT2D eigenvalue weighted by Gasteiger charge is -2.47. The predicted octanol–water partition coefficient (Wildman–Crippen LogP) is 1.89. The third-order valence-corrected chi connectivity index (χ3v) is 3.79. The van der Waals surface area contributed by atoms with E-state index in [1.807, 2.05) is 0 Å². The van der Waals surface area contributed by atoms with Crippen molar-refractivity contribution in [2.75, 3.05) is 26.0 Å². The summed E-state index contributed by atoms with van der Waals surface area (Å²) in [6.45, 7) is 0.772. The molecule has 1 aliphatic rings. The van der Waals surface area contributed by atoms with Crippen LogP contribution in [0.25, 0.3) is 0 Å². The molecule has 0 bridgehead atoms. The number of pyridine rings is 1. The Morgan fingerprint density at radius 3 is 2.78 bits per heavy atom. The zero-order valence-corrected chi connectivity index (χ0v) is 10.7. The van der Waals surface area contributed by atoms with E-state index < -0.39 is 4.92 Å². The molecule has 0 aromatic carbocycles. The van der Waals surface area contributed by atoms with Crippen molar-refractivity contribution in [3.8, 4) is 0 Å². The Balaban J connectivity index is 2.02. The number of aromatic nitrogens is 1. The number of nitrogens with one attached hydrogen (secondary N) is 1. The van der Waals surface area contributed by atoms with Crippen LogP contribution in [0.2, 0.25) is 0 Å². The van der Waals surface area contributed by atoms with Crippen molar-refractivity contribution in [3.63, 3.8) is 0 Å². The van der Waals surface area contributed by atoms with Gasteiger partial charge in [-0.05, 0) is 33.4 Å². The maximum absolute atomic E-state index is 10.7. The smallest absolute Gasteiger partial charge is 0.274 e. The molecule has 0 unspecified atom stereocenters. The first-order chi connectivity index (χ1) is 8.53. The molecule has 0 saturated heterocycles. The molecule has 1 aromatic rings. The first-order valence-corrected chi connectivity index (χ1v) is 6.05. The fraction of sp³-hybridized carbons (Fsp3) is 0.583. The van der Waals surface area contributed by atoms with E-state index in [9.17, 15) is 10.1 Å². The predicted molar refractivity (Wildman–Crippen MR) is 69.7 cm³/mol.